The highest BCUT2D eigenvalue weighted by Crippen LogP contribution is 2.54. The lowest BCUT2D eigenvalue weighted by Crippen LogP contribution is -2.07. The molecule has 4 N–H and O–H groups in total. The molecule has 0 fully saturated rings. The van der Waals surface area contributed by atoms with Gasteiger partial charge in [0.05, 0.1) is 30.2 Å². The first-order valence-corrected chi connectivity index (χ1v) is 12.3. The molecule has 2 heterocycles. The summed E-state index contributed by atoms with van der Waals surface area (Å²) >= 11 is 0. The summed E-state index contributed by atoms with van der Waals surface area (Å²) < 4.78 is 8.17. The van der Waals surface area contributed by atoms with Crippen molar-refractivity contribution >= 4 is 32.6 Å². The quantitative estimate of drug-likeness (QED) is 0.257. The number of hydrogen-bond donors (Lipinski definition) is 4. The molecule has 0 radical (unpaired) electrons. The molecular formula is C29H30N2O4. The first kappa shape index (κ1) is 22.2. The van der Waals surface area contributed by atoms with Crippen molar-refractivity contribution in [3.63, 3.8) is 0 Å². The molecule has 1 atom stereocenters. The summed E-state index contributed by atoms with van der Waals surface area (Å²) in [4.78, 5) is 3.05. The summed E-state index contributed by atoms with van der Waals surface area (Å²) in [7, 11) is 0. The zero-order chi connectivity index (χ0) is 24.3. The molecule has 0 aliphatic heterocycles. The third-order valence-corrected chi connectivity index (χ3v) is 7.29. The van der Waals surface area contributed by atoms with Gasteiger partial charge in [0.25, 0.3) is 0 Å². The number of benzene rings is 3. The SMILES string of the molecule is CC(C)OCc1ccc2c(c1)c1c3c[nH]c(O)c3c3c(c1n2CCCO)C(CO)c1ccccc1-3. The van der Waals surface area contributed by atoms with E-state index >= 15 is 0 Å². The van der Waals surface area contributed by atoms with Gasteiger partial charge in [-0.15, -0.1) is 0 Å². The maximum atomic E-state index is 11.0. The summed E-state index contributed by atoms with van der Waals surface area (Å²) in [6.45, 7) is 5.31. The van der Waals surface area contributed by atoms with Crippen LogP contribution in [0.2, 0.25) is 0 Å². The Morgan fingerprint density at radius 3 is 2.66 bits per heavy atom. The molecule has 6 heteroatoms. The number of aromatic nitrogens is 2. The van der Waals surface area contributed by atoms with Crippen LogP contribution in [-0.4, -0.2) is 44.2 Å². The second kappa shape index (κ2) is 8.41. The minimum atomic E-state index is -0.191. The molecule has 0 amide bonds. The van der Waals surface area contributed by atoms with Gasteiger partial charge in [-0.2, -0.15) is 0 Å². The predicted octanol–water partition coefficient (Wildman–Crippen LogP) is 5.39. The van der Waals surface area contributed by atoms with Crippen molar-refractivity contribution in [2.75, 3.05) is 13.2 Å². The van der Waals surface area contributed by atoms with E-state index in [9.17, 15) is 15.3 Å². The average Bonchev–Trinajstić information content (AvgIpc) is 3.50. The zero-order valence-electron chi connectivity index (χ0n) is 20.0. The molecule has 1 aliphatic carbocycles. The summed E-state index contributed by atoms with van der Waals surface area (Å²) in [6, 6.07) is 14.6. The fraction of sp³-hybridized carbons (Fsp3) is 0.310. The number of nitrogens with one attached hydrogen (secondary N) is 1. The van der Waals surface area contributed by atoms with E-state index in [2.05, 4.69) is 39.9 Å². The van der Waals surface area contributed by atoms with Crippen LogP contribution in [0.25, 0.3) is 43.7 Å². The Kier molecular flexibility index (Phi) is 5.33. The van der Waals surface area contributed by atoms with Crippen molar-refractivity contribution in [1.82, 2.24) is 9.55 Å². The molecule has 0 spiro atoms. The molecule has 5 aromatic rings. The van der Waals surface area contributed by atoms with Gasteiger partial charge in [0.1, 0.15) is 0 Å². The van der Waals surface area contributed by atoms with Crippen molar-refractivity contribution in [2.45, 2.75) is 45.4 Å². The monoisotopic (exact) mass is 470 g/mol. The van der Waals surface area contributed by atoms with Gasteiger partial charge in [0.15, 0.2) is 5.88 Å². The Morgan fingerprint density at radius 2 is 1.89 bits per heavy atom. The highest BCUT2D eigenvalue weighted by molar-refractivity contribution is 6.27. The molecule has 6 nitrogen and oxygen atoms in total. The number of aryl methyl sites for hydroxylation is 1. The Morgan fingerprint density at radius 1 is 1.06 bits per heavy atom. The minimum absolute atomic E-state index is 0.0230. The Bertz CT molecular complexity index is 1580. The molecule has 0 saturated heterocycles. The van der Waals surface area contributed by atoms with Gasteiger partial charge in [-0.05, 0) is 54.7 Å². The van der Waals surface area contributed by atoms with E-state index in [1.165, 1.54) is 0 Å². The molecule has 1 aliphatic rings. The van der Waals surface area contributed by atoms with Crippen LogP contribution in [-0.2, 0) is 17.9 Å². The van der Waals surface area contributed by atoms with Crippen molar-refractivity contribution < 1.29 is 20.1 Å². The number of H-pyrrole nitrogens is 1. The largest absolute Gasteiger partial charge is 0.494 e. The molecule has 3 aromatic carbocycles. The first-order valence-electron chi connectivity index (χ1n) is 12.3. The Balaban J connectivity index is 1.77. The van der Waals surface area contributed by atoms with Crippen LogP contribution in [0.15, 0.2) is 48.7 Å². The molecule has 35 heavy (non-hydrogen) atoms. The molecule has 0 bridgehead atoms. The number of ether oxygens (including phenoxy) is 1. The van der Waals surface area contributed by atoms with Gasteiger partial charge in [-0.3, -0.25) is 0 Å². The maximum absolute atomic E-state index is 11.0. The third kappa shape index (κ3) is 3.21. The van der Waals surface area contributed by atoms with Gasteiger partial charge >= 0.3 is 0 Å². The van der Waals surface area contributed by atoms with E-state index < -0.39 is 0 Å². The predicted molar refractivity (Wildman–Crippen MR) is 139 cm³/mol. The maximum Gasteiger partial charge on any atom is 0.197 e. The Labute approximate surface area is 203 Å². The third-order valence-electron chi connectivity index (χ3n) is 7.29. The molecular weight excluding hydrogens is 440 g/mol. The van der Waals surface area contributed by atoms with Gasteiger partial charge in [0.2, 0.25) is 0 Å². The smallest absolute Gasteiger partial charge is 0.197 e. The molecule has 6 rings (SSSR count). The number of hydrogen-bond acceptors (Lipinski definition) is 4. The molecule has 0 saturated carbocycles. The van der Waals surface area contributed by atoms with Crippen LogP contribution in [0.5, 0.6) is 5.88 Å². The van der Waals surface area contributed by atoms with Gasteiger partial charge in [0, 0.05) is 52.5 Å². The topological polar surface area (TPSA) is 90.6 Å². The van der Waals surface area contributed by atoms with Gasteiger partial charge in [-0.25, -0.2) is 0 Å². The highest BCUT2D eigenvalue weighted by Gasteiger charge is 2.35. The van der Waals surface area contributed by atoms with Crippen LogP contribution in [0.3, 0.4) is 0 Å². The lowest BCUT2D eigenvalue weighted by Gasteiger charge is -2.16. The number of aromatic hydroxyl groups is 1. The molecule has 1 unspecified atom stereocenters. The normalized spacial score (nSPS) is 15.1. The van der Waals surface area contributed by atoms with Crippen LogP contribution in [0.4, 0.5) is 0 Å². The van der Waals surface area contributed by atoms with E-state index in [1.807, 2.05) is 32.2 Å². The van der Waals surface area contributed by atoms with Crippen LogP contribution < -0.4 is 0 Å². The van der Waals surface area contributed by atoms with E-state index in [4.69, 9.17) is 4.74 Å². The second-order valence-electron chi connectivity index (χ2n) is 9.70. The lowest BCUT2D eigenvalue weighted by atomic mass is 9.92. The van der Waals surface area contributed by atoms with Gasteiger partial charge in [-0.1, -0.05) is 30.3 Å². The van der Waals surface area contributed by atoms with Crippen LogP contribution in [0, 0.1) is 0 Å². The zero-order valence-corrected chi connectivity index (χ0v) is 20.0. The fourth-order valence-corrected chi connectivity index (χ4v) is 5.88. The highest BCUT2D eigenvalue weighted by atomic mass is 16.5. The molecule has 2 aromatic heterocycles. The number of nitrogens with zero attached hydrogens (tertiary/aromatic N) is 1. The van der Waals surface area contributed by atoms with Crippen molar-refractivity contribution in [3.05, 3.63) is 65.4 Å². The van der Waals surface area contributed by atoms with Crippen LogP contribution >= 0.6 is 0 Å². The standard InChI is InChI=1S/C29H30N2O4/c1-16(2)35-15-17-8-9-23-20(12-17)24-21-13-30-29(34)27(21)25-19-7-4-3-6-18(19)22(14-33)26(25)28(24)31(23)10-5-11-32/h3-4,6-9,12-13,16,22,30,32-34H,5,10-11,14-15H2,1-2H3. The summed E-state index contributed by atoms with van der Waals surface area (Å²) in [5.41, 5.74) is 7.37. The van der Waals surface area contributed by atoms with E-state index in [1.54, 1.807) is 0 Å². The molecule has 180 valence electrons. The number of aliphatic hydroxyl groups excluding tert-OH is 2. The summed E-state index contributed by atoms with van der Waals surface area (Å²) in [5.74, 6) is -0.0505. The van der Waals surface area contributed by atoms with E-state index in [0.717, 1.165) is 60.4 Å². The van der Waals surface area contributed by atoms with E-state index in [0.29, 0.717) is 19.6 Å². The number of aliphatic hydroxyl groups is 2. The number of aromatic amines is 1. The Hall–Kier alpha value is -3.32. The fourth-order valence-electron chi connectivity index (χ4n) is 5.88. The lowest BCUT2D eigenvalue weighted by molar-refractivity contribution is 0.0658. The van der Waals surface area contributed by atoms with Crippen molar-refractivity contribution in [3.8, 4) is 17.0 Å². The summed E-state index contributed by atoms with van der Waals surface area (Å²) in [6.07, 6.45) is 2.64. The van der Waals surface area contributed by atoms with Crippen molar-refractivity contribution in [1.29, 1.82) is 0 Å². The van der Waals surface area contributed by atoms with Crippen LogP contribution in [0.1, 0.15) is 42.9 Å². The van der Waals surface area contributed by atoms with Gasteiger partial charge < -0.3 is 29.6 Å². The number of rotatable bonds is 7. The van der Waals surface area contributed by atoms with Crippen molar-refractivity contribution in [2.24, 2.45) is 0 Å². The summed E-state index contributed by atoms with van der Waals surface area (Å²) in [5, 5.41) is 35.1. The van der Waals surface area contributed by atoms with E-state index in [-0.39, 0.29) is 31.1 Å². The average molecular weight is 471 g/mol. The minimum Gasteiger partial charge on any atom is -0.494 e. The first-order chi connectivity index (χ1) is 17.0. The number of fused-ring (bicyclic) bond motifs is 10. The second-order valence-corrected chi connectivity index (χ2v) is 9.70.